The van der Waals surface area contributed by atoms with E-state index in [-0.39, 0.29) is 16.3 Å². The summed E-state index contributed by atoms with van der Waals surface area (Å²) in [5, 5.41) is 0.431. The zero-order chi connectivity index (χ0) is 12.9. The fraction of sp³-hybridized carbons (Fsp3) is 0.455. The maximum absolute atomic E-state index is 12.0. The van der Waals surface area contributed by atoms with Gasteiger partial charge in [-0.15, -0.1) is 0 Å². The standard InChI is InChI=1S/C11H16ClNO3S/c1-16-6-2-3-7-17(14,15)11-5-4-9(12)8-10(11)13/h4-5,8H,2-3,6-7,13H2,1H3. The minimum atomic E-state index is -3.33. The Morgan fingerprint density at radius 2 is 2.06 bits per heavy atom. The van der Waals surface area contributed by atoms with Crippen LogP contribution in [0.25, 0.3) is 0 Å². The van der Waals surface area contributed by atoms with E-state index in [1.807, 2.05) is 0 Å². The van der Waals surface area contributed by atoms with Gasteiger partial charge in [0.15, 0.2) is 9.84 Å². The molecule has 1 rings (SSSR count). The smallest absolute Gasteiger partial charge is 0.180 e. The number of nitrogens with two attached hydrogens (primary N) is 1. The monoisotopic (exact) mass is 277 g/mol. The summed E-state index contributed by atoms with van der Waals surface area (Å²) in [4.78, 5) is 0.152. The lowest BCUT2D eigenvalue weighted by Gasteiger charge is -2.07. The van der Waals surface area contributed by atoms with Gasteiger partial charge < -0.3 is 10.5 Å². The number of anilines is 1. The summed E-state index contributed by atoms with van der Waals surface area (Å²) in [5.74, 6) is 0.0716. The van der Waals surface area contributed by atoms with E-state index in [0.717, 1.165) is 0 Å². The maximum Gasteiger partial charge on any atom is 0.180 e. The van der Waals surface area contributed by atoms with Gasteiger partial charge in [-0.3, -0.25) is 0 Å². The molecule has 0 saturated carbocycles. The van der Waals surface area contributed by atoms with E-state index in [4.69, 9.17) is 22.1 Å². The lowest BCUT2D eigenvalue weighted by atomic mass is 10.3. The van der Waals surface area contributed by atoms with Gasteiger partial charge >= 0.3 is 0 Å². The lowest BCUT2D eigenvalue weighted by molar-refractivity contribution is 0.194. The van der Waals surface area contributed by atoms with Gasteiger partial charge in [-0.25, -0.2) is 8.42 Å². The van der Waals surface area contributed by atoms with Crippen LogP contribution in [-0.2, 0) is 14.6 Å². The first-order valence-corrected chi connectivity index (χ1v) is 7.27. The summed E-state index contributed by atoms with van der Waals surface area (Å²) >= 11 is 5.72. The predicted molar refractivity (Wildman–Crippen MR) is 69.0 cm³/mol. The highest BCUT2D eigenvalue weighted by atomic mass is 35.5. The number of unbranched alkanes of at least 4 members (excludes halogenated alkanes) is 1. The Morgan fingerprint density at radius 1 is 1.35 bits per heavy atom. The van der Waals surface area contributed by atoms with Crippen LogP contribution in [0.4, 0.5) is 5.69 Å². The highest BCUT2D eigenvalue weighted by Crippen LogP contribution is 2.23. The molecule has 0 bridgehead atoms. The number of nitrogen functional groups attached to an aromatic ring is 1. The molecule has 0 saturated heterocycles. The second kappa shape index (κ2) is 6.23. The van der Waals surface area contributed by atoms with Crippen molar-refractivity contribution in [3.05, 3.63) is 23.2 Å². The summed E-state index contributed by atoms with van der Waals surface area (Å²) in [7, 11) is -1.74. The van der Waals surface area contributed by atoms with E-state index < -0.39 is 9.84 Å². The lowest BCUT2D eigenvalue weighted by Crippen LogP contribution is -2.10. The Kier molecular flexibility index (Phi) is 5.24. The minimum Gasteiger partial charge on any atom is -0.398 e. The van der Waals surface area contributed by atoms with Crippen LogP contribution in [0.5, 0.6) is 0 Å². The van der Waals surface area contributed by atoms with Gasteiger partial charge in [-0.1, -0.05) is 11.6 Å². The Balaban J connectivity index is 2.76. The van der Waals surface area contributed by atoms with Crippen molar-refractivity contribution in [2.24, 2.45) is 0 Å². The number of ether oxygens (including phenoxy) is 1. The first kappa shape index (κ1) is 14.3. The summed E-state index contributed by atoms with van der Waals surface area (Å²) in [6.07, 6.45) is 1.27. The van der Waals surface area contributed by atoms with E-state index in [9.17, 15) is 8.42 Å². The topological polar surface area (TPSA) is 69.4 Å². The van der Waals surface area contributed by atoms with Gasteiger partial charge in [-0.05, 0) is 31.0 Å². The predicted octanol–water partition coefficient (Wildman–Crippen LogP) is 2.12. The van der Waals surface area contributed by atoms with Crippen LogP contribution in [0.3, 0.4) is 0 Å². The molecule has 0 aliphatic rings. The molecule has 0 aromatic heterocycles. The highest BCUT2D eigenvalue weighted by molar-refractivity contribution is 7.91. The molecule has 0 spiro atoms. The van der Waals surface area contributed by atoms with Crippen LogP contribution in [-0.4, -0.2) is 27.9 Å². The van der Waals surface area contributed by atoms with Crippen LogP contribution >= 0.6 is 11.6 Å². The zero-order valence-electron chi connectivity index (χ0n) is 9.65. The van der Waals surface area contributed by atoms with Crippen molar-refractivity contribution in [2.45, 2.75) is 17.7 Å². The van der Waals surface area contributed by atoms with Gasteiger partial charge in [0, 0.05) is 18.7 Å². The Labute approximate surface area is 107 Å². The first-order chi connectivity index (χ1) is 7.97. The van der Waals surface area contributed by atoms with Gasteiger partial charge in [0.25, 0.3) is 0 Å². The largest absolute Gasteiger partial charge is 0.398 e. The molecule has 4 nitrogen and oxygen atoms in total. The summed E-state index contributed by atoms with van der Waals surface area (Å²) in [6.45, 7) is 0.561. The van der Waals surface area contributed by atoms with Crippen molar-refractivity contribution in [1.82, 2.24) is 0 Å². The van der Waals surface area contributed by atoms with Gasteiger partial charge in [0.1, 0.15) is 0 Å². The number of sulfone groups is 1. The molecule has 96 valence electrons. The molecule has 17 heavy (non-hydrogen) atoms. The Bertz CT molecular complexity index is 474. The van der Waals surface area contributed by atoms with Gasteiger partial charge in [-0.2, -0.15) is 0 Å². The molecular formula is C11H16ClNO3S. The zero-order valence-corrected chi connectivity index (χ0v) is 11.2. The van der Waals surface area contributed by atoms with Crippen LogP contribution < -0.4 is 5.73 Å². The number of halogens is 1. The third kappa shape index (κ3) is 4.18. The SMILES string of the molecule is COCCCCS(=O)(=O)c1ccc(Cl)cc1N. The van der Waals surface area contributed by atoms with Gasteiger partial charge in [0.05, 0.1) is 16.3 Å². The molecular weight excluding hydrogens is 262 g/mol. The number of hydrogen-bond acceptors (Lipinski definition) is 4. The second-order valence-electron chi connectivity index (χ2n) is 3.70. The van der Waals surface area contributed by atoms with Crippen molar-refractivity contribution in [3.63, 3.8) is 0 Å². The Hall–Kier alpha value is -0.780. The normalized spacial score (nSPS) is 11.6. The molecule has 6 heteroatoms. The molecule has 0 aliphatic carbocycles. The van der Waals surface area contributed by atoms with E-state index in [1.165, 1.54) is 18.2 Å². The molecule has 2 N–H and O–H groups in total. The van der Waals surface area contributed by atoms with Crippen LogP contribution in [0, 0.1) is 0 Å². The van der Waals surface area contributed by atoms with Crippen LogP contribution in [0.1, 0.15) is 12.8 Å². The first-order valence-electron chi connectivity index (χ1n) is 5.24. The number of rotatable bonds is 6. The van der Waals surface area contributed by atoms with Crippen LogP contribution in [0.2, 0.25) is 5.02 Å². The van der Waals surface area contributed by atoms with E-state index in [2.05, 4.69) is 0 Å². The third-order valence-corrected chi connectivity index (χ3v) is 4.42. The van der Waals surface area contributed by atoms with Crippen molar-refractivity contribution in [3.8, 4) is 0 Å². The van der Waals surface area contributed by atoms with E-state index in [0.29, 0.717) is 24.5 Å². The van der Waals surface area contributed by atoms with Gasteiger partial charge in [0.2, 0.25) is 0 Å². The van der Waals surface area contributed by atoms with Crippen molar-refractivity contribution in [2.75, 3.05) is 25.2 Å². The average Bonchev–Trinajstić information content (AvgIpc) is 2.24. The molecule has 1 aromatic rings. The van der Waals surface area contributed by atoms with E-state index in [1.54, 1.807) is 7.11 Å². The third-order valence-electron chi connectivity index (χ3n) is 2.32. The van der Waals surface area contributed by atoms with Crippen molar-refractivity contribution < 1.29 is 13.2 Å². The minimum absolute atomic E-state index is 0.0716. The van der Waals surface area contributed by atoms with E-state index >= 15 is 0 Å². The van der Waals surface area contributed by atoms with Crippen LogP contribution in [0.15, 0.2) is 23.1 Å². The average molecular weight is 278 g/mol. The van der Waals surface area contributed by atoms with Crippen molar-refractivity contribution in [1.29, 1.82) is 0 Å². The molecule has 0 unspecified atom stereocenters. The number of methoxy groups -OCH3 is 1. The fourth-order valence-electron chi connectivity index (χ4n) is 1.45. The number of benzene rings is 1. The molecule has 0 radical (unpaired) electrons. The molecule has 0 atom stereocenters. The highest BCUT2D eigenvalue weighted by Gasteiger charge is 2.17. The summed E-state index contributed by atoms with van der Waals surface area (Å²) in [6, 6.07) is 4.42. The second-order valence-corrected chi connectivity index (χ2v) is 6.21. The molecule has 0 amide bonds. The maximum atomic E-state index is 12.0. The summed E-state index contributed by atoms with van der Waals surface area (Å²) in [5.41, 5.74) is 5.85. The molecule has 0 heterocycles. The summed E-state index contributed by atoms with van der Waals surface area (Å²) < 4.78 is 28.8. The quantitative estimate of drug-likeness (QED) is 0.639. The van der Waals surface area contributed by atoms with Crippen molar-refractivity contribution >= 4 is 27.1 Å². The molecule has 1 aromatic carbocycles. The molecule has 0 aliphatic heterocycles. The Morgan fingerprint density at radius 3 is 2.65 bits per heavy atom. The molecule has 0 fully saturated rings. The number of hydrogen-bond donors (Lipinski definition) is 1. The fourth-order valence-corrected chi connectivity index (χ4v) is 3.13.